The summed E-state index contributed by atoms with van der Waals surface area (Å²) in [6.07, 6.45) is -1.41. The van der Waals surface area contributed by atoms with E-state index in [9.17, 15) is 29.4 Å². The zero-order valence-electron chi connectivity index (χ0n) is 16.2. The molecule has 0 aliphatic carbocycles. The van der Waals surface area contributed by atoms with Crippen molar-refractivity contribution in [3.05, 3.63) is 29.8 Å². The lowest BCUT2D eigenvalue weighted by atomic mass is 10.0. The molecule has 0 heterocycles. The summed E-state index contributed by atoms with van der Waals surface area (Å²) >= 11 is 3.88. The molecule has 4 unspecified atom stereocenters. The molecular weight excluding hydrogens is 416 g/mol. The Kier molecular flexibility index (Phi) is 10.1. The summed E-state index contributed by atoms with van der Waals surface area (Å²) < 4.78 is 0. The molecule has 12 heteroatoms. The predicted molar refractivity (Wildman–Crippen MR) is 110 cm³/mol. The monoisotopic (exact) mass is 442 g/mol. The number of carboxylic acid groups (broad SMARTS) is 1. The number of carboxylic acids is 1. The van der Waals surface area contributed by atoms with Crippen molar-refractivity contribution >= 4 is 36.3 Å². The number of aliphatic carboxylic acids is 1. The summed E-state index contributed by atoms with van der Waals surface area (Å²) in [6, 6.07) is 2.14. The zero-order valence-corrected chi connectivity index (χ0v) is 17.1. The van der Waals surface area contributed by atoms with Gasteiger partial charge in [0.05, 0.1) is 18.7 Å². The van der Waals surface area contributed by atoms with E-state index in [1.54, 1.807) is 0 Å². The molecule has 0 aromatic heterocycles. The van der Waals surface area contributed by atoms with Gasteiger partial charge in [0.25, 0.3) is 0 Å². The Hall–Kier alpha value is -2.83. The minimum atomic E-state index is -1.58. The topological polar surface area (TPSA) is 191 Å². The van der Waals surface area contributed by atoms with Gasteiger partial charge in [0.2, 0.25) is 17.7 Å². The highest BCUT2D eigenvalue weighted by Crippen LogP contribution is 2.11. The van der Waals surface area contributed by atoms with E-state index in [4.69, 9.17) is 10.8 Å². The number of aliphatic hydroxyl groups excluding tert-OH is 1. The molecule has 11 nitrogen and oxygen atoms in total. The second kappa shape index (κ2) is 12.0. The molecule has 4 atom stereocenters. The van der Waals surface area contributed by atoms with Crippen LogP contribution in [-0.2, 0) is 25.6 Å². The fourth-order valence-corrected chi connectivity index (χ4v) is 2.51. The van der Waals surface area contributed by atoms with Gasteiger partial charge >= 0.3 is 5.97 Å². The van der Waals surface area contributed by atoms with Crippen LogP contribution in [0.4, 0.5) is 0 Å². The molecule has 166 valence electrons. The predicted octanol–water partition coefficient (Wildman–Crippen LogP) is -2.26. The highest BCUT2D eigenvalue weighted by molar-refractivity contribution is 7.80. The number of nitrogens with one attached hydrogen (secondary N) is 3. The Morgan fingerprint density at radius 1 is 1.10 bits per heavy atom. The van der Waals surface area contributed by atoms with Crippen molar-refractivity contribution in [2.24, 2.45) is 5.73 Å². The van der Waals surface area contributed by atoms with Crippen molar-refractivity contribution in [3.8, 4) is 5.75 Å². The fourth-order valence-electron chi connectivity index (χ4n) is 2.35. The molecule has 1 aromatic carbocycles. The molecule has 0 aliphatic rings. The van der Waals surface area contributed by atoms with E-state index < -0.39 is 54.5 Å². The van der Waals surface area contributed by atoms with Crippen molar-refractivity contribution in [3.63, 3.8) is 0 Å². The normalized spacial score (nSPS) is 14.7. The molecule has 0 fully saturated rings. The first kappa shape index (κ1) is 25.2. The maximum Gasteiger partial charge on any atom is 0.328 e. The summed E-state index contributed by atoms with van der Waals surface area (Å²) in [7, 11) is 0. The molecule has 0 saturated heterocycles. The molecule has 0 saturated carbocycles. The van der Waals surface area contributed by atoms with Crippen LogP contribution in [0.25, 0.3) is 0 Å². The molecule has 0 spiro atoms. The summed E-state index contributed by atoms with van der Waals surface area (Å²) in [5, 5.41) is 35.0. The van der Waals surface area contributed by atoms with Crippen LogP contribution in [0.2, 0.25) is 0 Å². The number of benzene rings is 1. The molecule has 3 amide bonds. The largest absolute Gasteiger partial charge is 0.508 e. The van der Waals surface area contributed by atoms with E-state index in [0.29, 0.717) is 5.56 Å². The van der Waals surface area contributed by atoms with Crippen LogP contribution in [0.3, 0.4) is 0 Å². The Balaban J connectivity index is 2.89. The minimum Gasteiger partial charge on any atom is -0.508 e. The van der Waals surface area contributed by atoms with E-state index in [2.05, 4.69) is 28.6 Å². The Morgan fingerprint density at radius 2 is 1.70 bits per heavy atom. The number of thiol groups is 1. The summed E-state index contributed by atoms with van der Waals surface area (Å²) in [5.74, 6) is -3.51. The number of hydrogen-bond acceptors (Lipinski definition) is 8. The van der Waals surface area contributed by atoms with Gasteiger partial charge in [-0.25, -0.2) is 4.79 Å². The molecular formula is C18H26N4O7S. The van der Waals surface area contributed by atoms with Gasteiger partial charge in [-0.15, -0.1) is 0 Å². The average molecular weight is 442 g/mol. The Labute approximate surface area is 178 Å². The molecule has 8 N–H and O–H groups in total. The van der Waals surface area contributed by atoms with Crippen molar-refractivity contribution < 1.29 is 34.5 Å². The van der Waals surface area contributed by atoms with E-state index in [1.165, 1.54) is 31.2 Å². The SMILES string of the molecule is CC(O)C(NC(=O)C(Cc1ccc(O)cc1)NC(=O)CNC(=O)C(N)CS)C(=O)O. The number of phenolic OH excluding ortho intramolecular Hbond substituents is 1. The highest BCUT2D eigenvalue weighted by atomic mass is 32.1. The summed E-state index contributed by atoms with van der Waals surface area (Å²) in [6.45, 7) is 0.741. The number of nitrogens with two attached hydrogens (primary N) is 1. The number of rotatable bonds is 11. The maximum absolute atomic E-state index is 12.6. The van der Waals surface area contributed by atoms with Gasteiger partial charge in [-0.2, -0.15) is 12.6 Å². The van der Waals surface area contributed by atoms with Crippen molar-refractivity contribution in [1.29, 1.82) is 0 Å². The number of amides is 3. The number of carbonyl (C=O) groups is 4. The Bertz CT molecular complexity index is 757. The van der Waals surface area contributed by atoms with Crippen molar-refractivity contribution in [1.82, 2.24) is 16.0 Å². The standard InChI is InChI=1S/C18H26N4O7S/c1-9(23)15(18(28)29)22-17(27)13(6-10-2-4-11(24)5-3-10)21-14(25)7-20-16(26)12(19)8-30/h2-5,9,12-13,15,23-24,30H,6-8,19H2,1H3,(H,20,26)(H,21,25)(H,22,27)(H,28,29). The smallest absolute Gasteiger partial charge is 0.328 e. The number of aliphatic hydroxyl groups is 1. The van der Waals surface area contributed by atoms with Gasteiger partial charge in [-0.05, 0) is 24.6 Å². The number of phenols is 1. The van der Waals surface area contributed by atoms with Gasteiger partial charge in [0.15, 0.2) is 6.04 Å². The number of carbonyl (C=O) groups excluding carboxylic acids is 3. The fraction of sp³-hybridized carbons (Fsp3) is 0.444. The van der Waals surface area contributed by atoms with Crippen molar-refractivity contribution in [2.45, 2.75) is 37.6 Å². The molecule has 0 aliphatic heterocycles. The van der Waals surface area contributed by atoms with Gasteiger partial charge in [-0.1, -0.05) is 12.1 Å². The second-order valence-electron chi connectivity index (χ2n) is 6.56. The van der Waals surface area contributed by atoms with Crippen LogP contribution >= 0.6 is 12.6 Å². The van der Waals surface area contributed by atoms with E-state index >= 15 is 0 Å². The van der Waals surface area contributed by atoms with Crippen LogP contribution in [0.1, 0.15) is 12.5 Å². The molecule has 30 heavy (non-hydrogen) atoms. The van der Waals surface area contributed by atoms with Gasteiger partial charge in [-0.3, -0.25) is 14.4 Å². The van der Waals surface area contributed by atoms with E-state index in [-0.39, 0.29) is 17.9 Å². The molecule has 0 bridgehead atoms. The third-order valence-corrected chi connectivity index (χ3v) is 4.42. The lowest BCUT2D eigenvalue weighted by Gasteiger charge is -2.23. The van der Waals surface area contributed by atoms with Crippen LogP contribution in [0.5, 0.6) is 5.75 Å². The summed E-state index contributed by atoms with van der Waals surface area (Å²) in [5.41, 5.74) is 6.06. The lowest BCUT2D eigenvalue weighted by Crippen LogP contribution is -2.56. The van der Waals surface area contributed by atoms with Crippen molar-refractivity contribution in [2.75, 3.05) is 12.3 Å². The van der Waals surface area contributed by atoms with Crippen LogP contribution < -0.4 is 21.7 Å². The van der Waals surface area contributed by atoms with E-state index in [1.807, 2.05) is 0 Å². The van der Waals surface area contributed by atoms with Gasteiger partial charge in [0.1, 0.15) is 11.8 Å². The van der Waals surface area contributed by atoms with Crippen LogP contribution in [0, 0.1) is 0 Å². The number of aromatic hydroxyl groups is 1. The third kappa shape index (κ3) is 8.27. The Morgan fingerprint density at radius 3 is 2.20 bits per heavy atom. The van der Waals surface area contributed by atoms with E-state index in [0.717, 1.165) is 0 Å². The minimum absolute atomic E-state index is 0.00655. The molecule has 1 rings (SSSR count). The second-order valence-corrected chi connectivity index (χ2v) is 6.93. The molecule has 0 radical (unpaired) electrons. The first-order valence-corrected chi connectivity index (χ1v) is 9.61. The van der Waals surface area contributed by atoms with Gasteiger partial charge < -0.3 is 37.0 Å². The number of hydrogen-bond donors (Lipinski definition) is 8. The zero-order chi connectivity index (χ0) is 22.8. The van der Waals surface area contributed by atoms with Crippen LogP contribution in [0.15, 0.2) is 24.3 Å². The quantitative estimate of drug-likeness (QED) is 0.176. The maximum atomic E-state index is 12.6. The summed E-state index contributed by atoms with van der Waals surface area (Å²) in [4.78, 5) is 47.7. The average Bonchev–Trinajstić information content (AvgIpc) is 2.69. The molecule has 1 aromatic rings. The third-order valence-electron chi connectivity index (χ3n) is 4.03. The highest BCUT2D eigenvalue weighted by Gasteiger charge is 2.29. The van der Waals surface area contributed by atoms with Gasteiger partial charge in [0, 0.05) is 12.2 Å². The first-order valence-electron chi connectivity index (χ1n) is 8.97. The van der Waals surface area contributed by atoms with Crippen LogP contribution in [-0.4, -0.2) is 75.5 Å². The lowest BCUT2D eigenvalue weighted by molar-refractivity contribution is -0.145. The first-order chi connectivity index (χ1) is 14.0.